The molecule has 0 atom stereocenters. The molecule has 2 N–H and O–H groups in total. The highest BCUT2D eigenvalue weighted by atomic mass is 16.5. The Morgan fingerprint density at radius 1 is 1.07 bits per heavy atom. The van der Waals surface area contributed by atoms with Gasteiger partial charge in [-0.1, -0.05) is 30.3 Å². The molecule has 0 spiro atoms. The van der Waals surface area contributed by atoms with Crippen molar-refractivity contribution in [2.24, 2.45) is 0 Å². The summed E-state index contributed by atoms with van der Waals surface area (Å²) >= 11 is 0. The zero-order valence-corrected chi connectivity index (χ0v) is 16.0. The molecular weight excluding hydrogens is 364 g/mol. The van der Waals surface area contributed by atoms with Crippen LogP contribution in [0.2, 0.25) is 0 Å². The molecule has 3 heterocycles. The van der Waals surface area contributed by atoms with Gasteiger partial charge in [0.15, 0.2) is 0 Å². The van der Waals surface area contributed by atoms with Gasteiger partial charge in [0.2, 0.25) is 0 Å². The third-order valence-electron chi connectivity index (χ3n) is 4.66. The predicted octanol–water partition coefficient (Wildman–Crippen LogP) is 3.44. The molecule has 0 saturated heterocycles. The van der Waals surface area contributed by atoms with Gasteiger partial charge in [-0.2, -0.15) is 5.10 Å². The molecule has 29 heavy (non-hydrogen) atoms. The van der Waals surface area contributed by atoms with Crippen LogP contribution >= 0.6 is 0 Å². The lowest BCUT2D eigenvalue weighted by molar-refractivity contribution is 0.413. The molecule has 144 valence electrons. The summed E-state index contributed by atoms with van der Waals surface area (Å²) in [6, 6.07) is 17.0. The first-order valence-electron chi connectivity index (χ1n) is 9.21. The van der Waals surface area contributed by atoms with Crippen molar-refractivity contribution in [2.75, 3.05) is 7.11 Å². The summed E-state index contributed by atoms with van der Waals surface area (Å²) in [5.74, 6) is 0.914. The zero-order valence-electron chi connectivity index (χ0n) is 16.0. The molecule has 4 rings (SSSR count). The number of pyridine rings is 2. The van der Waals surface area contributed by atoms with Crippen LogP contribution in [0.5, 0.6) is 5.75 Å². The second-order valence-electron chi connectivity index (χ2n) is 6.54. The summed E-state index contributed by atoms with van der Waals surface area (Å²) in [5.41, 5.74) is 4.40. The lowest BCUT2D eigenvalue weighted by atomic mass is 10.1. The van der Waals surface area contributed by atoms with Crippen LogP contribution in [0, 0.1) is 10.8 Å². The molecule has 0 fully saturated rings. The van der Waals surface area contributed by atoms with Crippen molar-refractivity contribution in [3.05, 3.63) is 78.0 Å². The number of nitrogens with one attached hydrogen (secondary N) is 2. The Morgan fingerprint density at radius 3 is 2.69 bits per heavy atom. The summed E-state index contributed by atoms with van der Waals surface area (Å²) in [6.45, 7) is 0. The van der Waals surface area contributed by atoms with Crippen LogP contribution in [-0.4, -0.2) is 32.7 Å². The number of hydrogen-bond donors (Lipinski definition) is 2. The molecular formula is C22H20N6O. The Hall–Kier alpha value is -3.87. The third-order valence-corrected chi connectivity index (χ3v) is 4.66. The quantitative estimate of drug-likeness (QED) is 0.406. The van der Waals surface area contributed by atoms with Crippen LogP contribution in [0.1, 0.15) is 12.0 Å². The van der Waals surface area contributed by atoms with Crippen LogP contribution in [0.15, 0.2) is 67.0 Å². The van der Waals surface area contributed by atoms with E-state index in [4.69, 9.17) is 15.6 Å². The van der Waals surface area contributed by atoms with Crippen molar-refractivity contribution in [2.45, 2.75) is 12.8 Å². The minimum Gasteiger partial charge on any atom is -0.495 e. The third kappa shape index (κ3) is 3.89. The molecule has 0 unspecified atom stereocenters. The Labute approximate surface area is 167 Å². The number of aromatic nitrogens is 4. The van der Waals surface area contributed by atoms with Crippen LogP contribution in [-0.2, 0) is 6.42 Å². The van der Waals surface area contributed by atoms with Crippen LogP contribution in [0.25, 0.3) is 22.3 Å². The van der Waals surface area contributed by atoms with Gasteiger partial charge >= 0.3 is 0 Å². The average molecular weight is 384 g/mol. The zero-order chi connectivity index (χ0) is 20.2. The number of rotatable bonds is 5. The molecule has 0 aliphatic rings. The van der Waals surface area contributed by atoms with E-state index in [1.807, 2.05) is 42.5 Å². The van der Waals surface area contributed by atoms with Gasteiger partial charge in [0.25, 0.3) is 0 Å². The summed E-state index contributed by atoms with van der Waals surface area (Å²) in [4.78, 5) is 8.81. The molecule has 0 radical (unpaired) electrons. The lowest BCUT2D eigenvalue weighted by Crippen LogP contribution is -2.29. The smallest absolute Gasteiger partial charge is 0.148 e. The second kappa shape index (κ2) is 8.02. The summed E-state index contributed by atoms with van der Waals surface area (Å²) < 4.78 is 6.59. The van der Waals surface area contributed by atoms with Gasteiger partial charge in [0.1, 0.15) is 17.1 Å². The van der Waals surface area contributed by atoms with Crippen LogP contribution < -0.4 is 10.2 Å². The highest BCUT2D eigenvalue weighted by Gasteiger charge is 2.10. The van der Waals surface area contributed by atoms with Crippen LogP contribution in [0.4, 0.5) is 0 Å². The summed E-state index contributed by atoms with van der Waals surface area (Å²) in [5, 5.41) is 21.1. The number of benzene rings is 1. The molecule has 4 aromatic rings. The van der Waals surface area contributed by atoms with Crippen molar-refractivity contribution in [1.29, 1.82) is 10.8 Å². The normalized spacial score (nSPS) is 10.8. The topological polar surface area (TPSA) is 101 Å². The minimum atomic E-state index is 0.178. The predicted molar refractivity (Wildman–Crippen MR) is 111 cm³/mol. The van der Waals surface area contributed by atoms with Gasteiger partial charge < -0.3 is 4.74 Å². The maximum Gasteiger partial charge on any atom is 0.148 e. The highest BCUT2D eigenvalue weighted by Crippen LogP contribution is 2.20. The Bertz CT molecular complexity index is 1230. The van der Waals surface area contributed by atoms with E-state index in [2.05, 4.69) is 15.1 Å². The Morgan fingerprint density at radius 2 is 1.90 bits per heavy atom. The van der Waals surface area contributed by atoms with Crippen molar-refractivity contribution >= 4 is 16.9 Å². The Balaban J connectivity index is 1.58. The number of hydrogen-bond acceptors (Lipinski definition) is 6. The fraction of sp³-hybridized carbons (Fsp3) is 0.136. The average Bonchev–Trinajstić information content (AvgIpc) is 2.77. The van der Waals surface area contributed by atoms with Crippen molar-refractivity contribution < 1.29 is 4.74 Å². The maximum absolute atomic E-state index is 8.48. The van der Waals surface area contributed by atoms with Crippen LogP contribution in [0.3, 0.4) is 0 Å². The number of nitrogens with zero attached hydrogens (tertiary/aromatic N) is 4. The first-order valence-corrected chi connectivity index (χ1v) is 9.21. The fourth-order valence-electron chi connectivity index (χ4n) is 3.13. The lowest BCUT2D eigenvalue weighted by Gasteiger charge is -2.11. The van der Waals surface area contributed by atoms with E-state index < -0.39 is 0 Å². The maximum atomic E-state index is 8.48. The number of aryl methyl sites for hydroxylation is 1. The molecule has 1 aromatic carbocycles. The van der Waals surface area contributed by atoms with E-state index in [1.165, 1.54) is 4.68 Å². The van der Waals surface area contributed by atoms with E-state index >= 15 is 0 Å². The van der Waals surface area contributed by atoms with E-state index in [-0.39, 0.29) is 11.3 Å². The van der Waals surface area contributed by atoms with Crippen molar-refractivity contribution in [3.63, 3.8) is 0 Å². The van der Waals surface area contributed by atoms with Gasteiger partial charge in [-0.15, -0.1) is 0 Å². The SMILES string of the molecule is COc1cnc2c(CCC(=N)n3nc(-c4ccccc4)ccc3=N)ccnc2c1. The molecule has 3 aromatic heterocycles. The number of methoxy groups -OCH3 is 1. The minimum absolute atomic E-state index is 0.178. The summed E-state index contributed by atoms with van der Waals surface area (Å²) in [7, 11) is 1.60. The monoisotopic (exact) mass is 384 g/mol. The van der Waals surface area contributed by atoms with Gasteiger partial charge in [-0.25, -0.2) is 4.68 Å². The molecule has 7 nitrogen and oxygen atoms in total. The first kappa shape index (κ1) is 18.5. The molecule has 0 bridgehead atoms. The fourth-order valence-corrected chi connectivity index (χ4v) is 3.13. The van der Waals surface area contributed by atoms with E-state index in [1.54, 1.807) is 31.6 Å². The molecule has 0 aliphatic carbocycles. The van der Waals surface area contributed by atoms with Gasteiger partial charge in [-0.3, -0.25) is 20.8 Å². The van der Waals surface area contributed by atoms with E-state index in [9.17, 15) is 0 Å². The second-order valence-corrected chi connectivity index (χ2v) is 6.54. The molecule has 0 saturated carbocycles. The highest BCUT2D eigenvalue weighted by molar-refractivity contribution is 5.83. The number of ether oxygens (including phenoxy) is 1. The molecule has 0 aliphatic heterocycles. The van der Waals surface area contributed by atoms with Crippen molar-refractivity contribution in [3.8, 4) is 17.0 Å². The van der Waals surface area contributed by atoms with Crippen molar-refractivity contribution in [1.82, 2.24) is 19.7 Å². The Kier molecular flexibility index (Phi) is 5.11. The van der Waals surface area contributed by atoms with E-state index in [0.717, 1.165) is 27.9 Å². The standard InChI is InChI=1S/C22H20N6O/c1-29-17-13-19-22(26-14-17)16(11-12-25-19)7-9-20(23)28-21(24)10-8-18(27-28)15-5-3-2-4-6-15/h2-6,8,10-14,23-24H,7,9H2,1H3. The largest absolute Gasteiger partial charge is 0.495 e. The summed E-state index contributed by atoms with van der Waals surface area (Å²) in [6.07, 6.45) is 4.43. The number of fused-ring (bicyclic) bond motifs is 1. The first-order chi connectivity index (χ1) is 14.2. The van der Waals surface area contributed by atoms with Gasteiger partial charge in [0.05, 0.1) is 30.0 Å². The van der Waals surface area contributed by atoms with Gasteiger partial charge in [-0.05, 0) is 30.2 Å². The molecule has 0 amide bonds. The molecule has 7 heteroatoms. The van der Waals surface area contributed by atoms with Gasteiger partial charge in [0, 0.05) is 24.2 Å². The van der Waals surface area contributed by atoms with E-state index in [0.29, 0.717) is 18.6 Å².